The van der Waals surface area contributed by atoms with Gasteiger partial charge in [0, 0.05) is 5.92 Å². The molecule has 0 bridgehead atoms. The number of nitrogens with zero attached hydrogens (tertiary/aromatic N) is 2. The molecule has 2 aromatic heterocycles. The molecule has 0 radical (unpaired) electrons. The molecule has 0 aliphatic rings. The quantitative estimate of drug-likeness (QED) is 0.709. The van der Waals surface area contributed by atoms with Gasteiger partial charge in [0.15, 0.2) is 5.65 Å². The second kappa shape index (κ2) is 2.94. The van der Waals surface area contributed by atoms with Gasteiger partial charge in [-0.2, -0.15) is 5.10 Å². The molecule has 0 amide bonds. The van der Waals surface area contributed by atoms with Gasteiger partial charge in [0.2, 0.25) is 0 Å². The van der Waals surface area contributed by atoms with Gasteiger partial charge in [-0.05, 0) is 6.92 Å². The second-order valence-electron chi connectivity index (χ2n) is 3.64. The minimum atomic E-state index is -0.120. The SMILES string of the molecule is Cc1n[nH]c2nc(C(C)C)[nH]c(=O)c12. The van der Waals surface area contributed by atoms with Gasteiger partial charge in [-0.25, -0.2) is 4.98 Å². The first-order chi connectivity index (χ1) is 6.59. The number of hydrogen-bond acceptors (Lipinski definition) is 3. The largest absolute Gasteiger partial charge is 0.310 e. The molecular formula is C9H12N4O. The fourth-order valence-corrected chi connectivity index (χ4v) is 1.37. The first-order valence-corrected chi connectivity index (χ1v) is 4.54. The van der Waals surface area contributed by atoms with E-state index in [9.17, 15) is 4.79 Å². The average molecular weight is 192 g/mol. The molecule has 0 spiro atoms. The first kappa shape index (κ1) is 8.93. The van der Waals surface area contributed by atoms with E-state index in [1.165, 1.54) is 0 Å². The summed E-state index contributed by atoms with van der Waals surface area (Å²) in [5.74, 6) is 0.891. The molecule has 14 heavy (non-hydrogen) atoms. The van der Waals surface area contributed by atoms with Crippen LogP contribution in [0.4, 0.5) is 0 Å². The van der Waals surface area contributed by atoms with E-state index < -0.39 is 0 Å². The Hall–Kier alpha value is -1.65. The lowest BCUT2D eigenvalue weighted by molar-refractivity contribution is 0.774. The minimum Gasteiger partial charge on any atom is -0.310 e. The Morgan fingerprint density at radius 1 is 1.36 bits per heavy atom. The van der Waals surface area contributed by atoms with Crippen LogP contribution in [0.25, 0.3) is 11.0 Å². The minimum absolute atomic E-state index is 0.120. The van der Waals surface area contributed by atoms with Crippen LogP contribution in [-0.2, 0) is 0 Å². The van der Waals surface area contributed by atoms with E-state index in [-0.39, 0.29) is 11.5 Å². The van der Waals surface area contributed by atoms with Crippen LogP contribution in [0.2, 0.25) is 0 Å². The molecule has 2 rings (SSSR count). The maximum Gasteiger partial charge on any atom is 0.262 e. The Kier molecular flexibility index (Phi) is 1.87. The van der Waals surface area contributed by atoms with Crippen molar-refractivity contribution in [1.29, 1.82) is 0 Å². The Morgan fingerprint density at radius 2 is 2.07 bits per heavy atom. The molecule has 5 heteroatoms. The molecule has 0 aliphatic heterocycles. The molecule has 5 nitrogen and oxygen atoms in total. The summed E-state index contributed by atoms with van der Waals surface area (Å²) in [6, 6.07) is 0. The van der Waals surface area contributed by atoms with E-state index in [0.29, 0.717) is 22.6 Å². The molecule has 2 heterocycles. The predicted octanol–water partition coefficient (Wildman–Crippen LogP) is 1.08. The van der Waals surface area contributed by atoms with Crippen molar-refractivity contribution in [2.45, 2.75) is 26.7 Å². The van der Waals surface area contributed by atoms with E-state index in [1.807, 2.05) is 13.8 Å². The molecule has 0 fully saturated rings. The molecule has 2 N–H and O–H groups in total. The number of aryl methyl sites for hydroxylation is 1. The number of aromatic nitrogens is 4. The standard InChI is InChI=1S/C9H12N4O/c1-4(2)7-10-8-6(9(14)11-7)5(3)12-13-8/h4H,1-3H3,(H2,10,11,12,13,14). The van der Waals surface area contributed by atoms with Gasteiger partial charge in [0.25, 0.3) is 5.56 Å². The zero-order valence-electron chi connectivity index (χ0n) is 8.38. The van der Waals surface area contributed by atoms with Crippen molar-refractivity contribution >= 4 is 11.0 Å². The van der Waals surface area contributed by atoms with Crippen LogP contribution in [0.5, 0.6) is 0 Å². The van der Waals surface area contributed by atoms with Crippen molar-refractivity contribution in [3.63, 3.8) is 0 Å². The van der Waals surface area contributed by atoms with Gasteiger partial charge >= 0.3 is 0 Å². The molecule has 0 unspecified atom stereocenters. The summed E-state index contributed by atoms with van der Waals surface area (Å²) in [7, 11) is 0. The molecule has 0 aromatic carbocycles. The number of hydrogen-bond donors (Lipinski definition) is 2. The van der Waals surface area contributed by atoms with Crippen LogP contribution in [-0.4, -0.2) is 20.2 Å². The maximum absolute atomic E-state index is 11.6. The highest BCUT2D eigenvalue weighted by Gasteiger charge is 2.10. The predicted molar refractivity (Wildman–Crippen MR) is 53.3 cm³/mol. The third-order valence-electron chi connectivity index (χ3n) is 2.18. The number of H-pyrrole nitrogens is 2. The fraction of sp³-hybridized carbons (Fsp3) is 0.444. The van der Waals surface area contributed by atoms with E-state index >= 15 is 0 Å². The number of aromatic amines is 2. The summed E-state index contributed by atoms with van der Waals surface area (Å²) in [5, 5.41) is 7.24. The van der Waals surface area contributed by atoms with Crippen LogP contribution >= 0.6 is 0 Å². The molecule has 0 aliphatic carbocycles. The Labute approximate surface area is 80.6 Å². The van der Waals surface area contributed by atoms with Crippen molar-refractivity contribution in [2.75, 3.05) is 0 Å². The van der Waals surface area contributed by atoms with Crippen molar-refractivity contribution in [3.8, 4) is 0 Å². The number of nitrogens with one attached hydrogen (secondary N) is 2. The molecule has 74 valence electrons. The molecule has 0 saturated heterocycles. The van der Waals surface area contributed by atoms with Gasteiger partial charge in [0.1, 0.15) is 11.2 Å². The van der Waals surface area contributed by atoms with Crippen LogP contribution in [0, 0.1) is 6.92 Å². The van der Waals surface area contributed by atoms with Crippen molar-refractivity contribution in [2.24, 2.45) is 0 Å². The van der Waals surface area contributed by atoms with Crippen molar-refractivity contribution < 1.29 is 0 Å². The third kappa shape index (κ3) is 1.21. The zero-order valence-corrected chi connectivity index (χ0v) is 8.38. The summed E-state index contributed by atoms with van der Waals surface area (Å²) >= 11 is 0. The summed E-state index contributed by atoms with van der Waals surface area (Å²) in [5.41, 5.74) is 1.13. The average Bonchev–Trinajstić information content (AvgIpc) is 2.48. The van der Waals surface area contributed by atoms with E-state index in [2.05, 4.69) is 20.2 Å². The molecule has 0 atom stereocenters. The summed E-state index contributed by atoms with van der Waals surface area (Å²) in [6.07, 6.45) is 0. The summed E-state index contributed by atoms with van der Waals surface area (Å²) in [4.78, 5) is 18.7. The smallest absolute Gasteiger partial charge is 0.262 e. The van der Waals surface area contributed by atoms with Gasteiger partial charge < -0.3 is 4.98 Å². The summed E-state index contributed by atoms with van der Waals surface area (Å²) < 4.78 is 0. The topological polar surface area (TPSA) is 74.4 Å². The normalized spacial score (nSPS) is 11.4. The number of fused-ring (bicyclic) bond motifs is 1. The molecular weight excluding hydrogens is 180 g/mol. The van der Waals surface area contributed by atoms with Crippen molar-refractivity contribution in [1.82, 2.24) is 20.2 Å². The summed E-state index contributed by atoms with van der Waals surface area (Å²) in [6.45, 7) is 5.74. The van der Waals surface area contributed by atoms with Gasteiger partial charge in [-0.15, -0.1) is 0 Å². The monoisotopic (exact) mass is 192 g/mol. The van der Waals surface area contributed by atoms with Crippen LogP contribution < -0.4 is 5.56 Å². The van der Waals surface area contributed by atoms with Gasteiger partial charge in [-0.3, -0.25) is 9.89 Å². The number of rotatable bonds is 1. The molecule has 2 aromatic rings. The van der Waals surface area contributed by atoms with Crippen LogP contribution in [0.15, 0.2) is 4.79 Å². The third-order valence-corrected chi connectivity index (χ3v) is 2.18. The van der Waals surface area contributed by atoms with Crippen LogP contribution in [0.3, 0.4) is 0 Å². The lowest BCUT2D eigenvalue weighted by Crippen LogP contribution is -2.12. The highest BCUT2D eigenvalue weighted by atomic mass is 16.1. The second-order valence-corrected chi connectivity index (χ2v) is 3.64. The Morgan fingerprint density at radius 3 is 2.71 bits per heavy atom. The highest BCUT2D eigenvalue weighted by Crippen LogP contribution is 2.11. The highest BCUT2D eigenvalue weighted by molar-refractivity contribution is 5.76. The van der Waals surface area contributed by atoms with E-state index in [0.717, 1.165) is 0 Å². The maximum atomic E-state index is 11.6. The fourth-order valence-electron chi connectivity index (χ4n) is 1.37. The van der Waals surface area contributed by atoms with E-state index in [1.54, 1.807) is 6.92 Å². The van der Waals surface area contributed by atoms with E-state index in [4.69, 9.17) is 0 Å². The van der Waals surface area contributed by atoms with Gasteiger partial charge in [0.05, 0.1) is 5.69 Å². The van der Waals surface area contributed by atoms with Gasteiger partial charge in [-0.1, -0.05) is 13.8 Å². The Bertz CT molecular complexity index is 523. The lowest BCUT2D eigenvalue weighted by Gasteiger charge is -2.02. The van der Waals surface area contributed by atoms with Crippen molar-refractivity contribution in [3.05, 3.63) is 21.9 Å². The Balaban J connectivity index is 2.81. The lowest BCUT2D eigenvalue weighted by atomic mass is 10.2. The first-order valence-electron chi connectivity index (χ1n) is 4.54. The molecule has 0 saturated carbocycles. The van der Waals surface area contributed by atoms with Crippen LogP contribution in [0.1, 0.15) is 31.3 Å². The zero-order chi connectivity index (χ0) is 10.3.